The molecule has 41 heavy (non-hydrogen) atoms. The maximum atomic E-state index is 14.0. The van der Waals surface area contributed by atoms with Crippen LogP contribution < -0.4 is 0 Å². The summed E-state index contributed by atoms with van der Waals surface area (Å²) in [6, 6.07) is 0. The molecule has 0 heterocycles. The van der Waals surface area contributed by atoms with Gasteiger partial charge in [0.05, 0.1) is 6.61 Å². The minimum Gasteiger partial charge on any atom is -0.456 e. The van der Waals surface area contributed by atoms with Crippen LogP contribution in [-0.4, -0.2) is 70.8 Å². The maximum Gasteiger partial charge on any atom is 0.437 e. The maximum absolute atomic E-state index is 14.0. The number of alkyl halides is 12. The Morgan fingerprint density at radius 1 is 0.634 bits per heavy atom. The third-order valence-electron chi connectivity index (χ3n) is 7.62. The fourth-order valence-electron chi connectivity index (χ4n) is 5.08. The molecule has 0 saturated heterocycles. The highest BCUT2D eigenvalue weighted by Gasteiger charge is 2.80. The van der Waals surface area contributed by atoms with Crippen LogP contribution in [0.2, 0.25) is 0 Å². The van der Waals surface area contributed by atoms with E-state index in [2.05, 4.69) is 9.47 Å². The predicted molar refractivity (Wildman–Crippen MR) is 112 cm³/mol. The van der Waals surface area contributed by atoms with Crippen LogP contribution in [0.1, 0.15) is 77.6 Å². The second-order valence-electron chi connectivity index (χ2n) is 10.2. The van der Waals surface area contributed by atoms with Crippen molar-refractivity contribution in [1.82, 2.24) is 0 Å². The van der Waals surface area contributed by atoms with Crippen LogP contribution >= 0.6 is 0 Å². The summed E-state index contributed by atoms with van der Waals surface area (Å²) in [6.07, 6.45) is -28.0. The van der Waals surface area contributed by atoms with Crippen LogP contribution in [0.15, 0.2) is 0 Å². The molecule has 2 aliphatic rings. The van der Waals surface area contributed by atoms with E-state index in [0.29, 0.717) is 12.8 Å². The number of rotatable bonds is 9. The summed E-state index contributed by atoms with van der Waals surface area (Å²) in [5, 5.41) is 9.31. The van der Waals surface area contributed by atoms with Crippen LogP contribution in [-0.2, 0) is 23.8 Å². The van der Waals surface area contributed by atoms with E-state index in [1.807, 2.05) is 0 Å². The minimum absolute atomic E-state index is 0.0264. The number of halogens is 12. The van der Waals surface area contributed by atoms with E-state index in [0.717, 1.165) is 0 Å². The molecular weight excluding hydrogens is 600 g/mol. The molecule has 0 radical (unpaired) electrons. The average molecular weight is 628 g/mol. The zero-order chi connectivity index (χ0) is 31.8. The van der Waals surface area contributed by atoms with E-state index in [1.54, 1.807) is 0 Å². The highest BCUT2D eigenvalue weighted by atomic mass is 19.4. The van der Waals surface area contributed by atoms with Crippen molar-refractivity contribution in [2.75, 3.05) is 6.61 Å². The SMILES string of the molecule is CCC1(OC(=O)C(OCCC2(OC(=O)C(O)(C(F)(F)F)C(F)(F)F)CCCCC2)(C(F)(F)F)C(F)(F)F)CCCC1. The number of aliphatic hydroxyl groups is 1. The summed E-state index contributed by atoms with van der Waals surface area (Å²) >= 11 is 0. The van der Waals surface area contributed by atoms with Crippen molar-refractivity contribution >= 4 is 11.9 Å². The van der Waals surface area contributed by atoms with Crippen molar-refractivity contribution in [1.29, 1.82) is 0 Å². The van der Waals surface area contributed by atoms with E-state index in [9.17, 15) is 67.4 Å². The van der Waals surface area contributed by atoms with Gasteiger partial charge in [-0.1, -0.05) is 13.3 Å². The highest BCUT2D eigenvalue weighted by molar-refractivity contribution is 5.83. The standard InChI is InChI=1S/C23H28F12O6/c1-2-16(8-6-7-9-16)41-15(37)19(22(30,31)32,23(33,34)35)39-13-12-17(10-4-3-5-11-17)40-14(36)18(38,20(24,25)26)21(27,28)29/h38H,2-13H2,1H3. The Balaban J connectivity index is 2.41. The molecule has 0 aromatic rings. The second kappa shape index (κ2) is 11.6. The van der Waals surface area contributed by atoms with Gasteiger partial charge in [0.15, 0.2) is 0 Å². The Hall–Kier alpha value is -1.98. The van der Waals surface area contributed by atoms with Gasteiger partial charge >= 0.3 is 47.8 Å². The highest BCUT2D eigenvalue weighted by Crippen LogP contribution is 2.50. The lowest BCUT2D eigenvalue weighted by Gasteiger charge is -2.41. The molecule has 2 saturated carbocycles. The Bertz CT molecular complexity index is 897. The molecule has 240 valence electrons. The van der Waals surface area contributed by atoms with Crippen LogP contribution in [0.5, 0.6) is 0 Å². The number of hydrogen-bond acceptors (Lipinski definition) is 6. The van der Waals surface area contributed by atoms with E-state index in [-0.39, 0.29) is 38.5 Å². The monoisotopic (exact) mass is 628 g/mol. The number of esters is 2. The summed E-state index contributed by atoms with van der Waals surface area (Å²) in [5.41, 5.74) is -15.7. The molecule has 0 unspecified atom stereocenters. The van der Waals surface area contributed by atoms with Gasteiger partial charge < -0.3 is 19.3 Å². The number of ether oxygens (including phenoxy) is 3. The molecule has 18 heteroatoms. The smallest absolute Gasteiger partial charge is 0.437 e. The number of hydrogen-bond donors (Lipinski definition) is 1. The molecule has 2 rings (SSSR count). The zero-order valence-electron chi connectivity index (χ0n) is 21.5. The Morgan fingerprint density at radius 2 is 1.02 bits per heavy atom. The molecule has 2 aliphatic carbocycles. The van der Waals surface area contributed by atoms with Crippen molar-refractivity contribution in [3.05, 3.63) is 0 Å². The van der Waals surface area contributed by atoms with E-state index in [4.69, 9.17) is 4.74 Å². The van der Waals surface area contributed by atoms with E-state index < -0.39 is 84.9 Å². The van der Waals surface area contributed by atoms with Gasteiger partial charge in [0.25, 0.3) is 0 Å². The van der Waals surface area contributed by atoms with Crippen molar-refractivity contribution in [2.45, 2.75) is 125 Å². The van der Waals surface area contributed by atoms with Crippen molar-refractivity contribution in [3.63, 3.8) is 0 Å². The number of carbonyl (C=O) groups excluding carboxylic acids is 2. The minimum atomic E-state index is -6.64. The van der Waals surface area contributed by atoms with E-state index in [1.165, 1.54) is 6.92 Å². The molecule has 0 atom stereocenters. The summed E-state index contributed by atoms with van der Waals surface area (Å²) in [7, 11) is 0. The van der Waals surface area contributed by atoms with E-state index >= 15 is 0 Å². The summed E-state index contributed by atoms with van der Waals surface area (Å²) < 4.78 is 176. The lowest BCUT2D eigenvalue weighted by Crippen LogP contribution is -2.66. The molecule has 1 N–H and O–H groups in total. The summed E-state index contributed by atoms with van der Waals surface area (Å²) in [6.45, 7) is -0.371. The van der Waals surface area contributed by atoms with Gasteiger partial charge in [-0.25, -0.2) is 9.59 Å². The normalized spacial score (nSPS) is 20.5. The van der Waals surface area contributed by atoms with Gasteiger partial charge in [-0.2, -0.15) is 52.7 Å². The lowest BCUT2D eigenvalue weighted by atomic mass is 9.82. The quantitative estimate of drug-likeness (QED) is 0.228. The van der Waals surface area contributed by atoms with Crippen LogP contribution in [0.25, 0.3) is 0 Å². The molecule has 0 aliphatic heterocycles. The van der Waals surface area contributed by atoms with Crippen LogP contribution in [0.3, 0.4) is 0 Å². The van der Waals surface area contributed by atoms with Crippen molar-refractivity contribution in [3.8, 4) is 0 Å². The fourth-order valence-corrected chi connectivity index (χ4v) is 5.08. The van der Waals surface area contributed by atoms with Gasteiger partial charge in [-0.15, -0.1) is 0 Å². The summed E-state index contributed by atoms with van der Waals surface area (Å²) in [4.78, 5) is 24.7. The van der Waals surface area contributed by atoms with Crippen LogP contribution in [0.4, 0.5) is 52.7 Å². The molecular formula is C23H28F12O6. The fraction of sp³-hybridized carbons (Fsp3) is 0.913. The Labute approximate surface area is 225 Å². The molecule has 0 aromatic carbocycles. The van der Waals surface area contributed by atoms with Gasteiger partial charge in [0, 0.05) is 6.42 Å². The van der Waals surface area contributed by atoms with Crippen molar-refractivity contribution in [2.24, 2.45) is 0 Å². The van der Waals surface area contributed by atoms with Crippen LogP contribution in [0, 0.1) is 0 Å². The molecule has 0 aromatic heterocycles. The zero-order valence-corrected chi connectivity index (χ0v) is 21.5. The first kappa shape index (κ1) is 35.2. The first-order valence-electron chi connectivity index (χ1n) is 12.5. The molecule has 0 bridgehead atoms. The molecule has 0 amide bonds. The van der Waals surface area contributed by atoms with Gasteiger partial charge in [-0.3, -0.25) is 0 Å². The second-order valence-corrected chi connectivity index (χ2v) is 10.2. The van der Waals surface area contributed by atoms with Gasteiger partial charge in [-0.05, 0) is 57.8 Å². The van der Waals surface area contributed by atoms with Gasteiger partial charge in [0.1, 0.15) is 11.2 Å². The molecule has 0 spiro atoms. The first-order chi connectivity index (χ1) is 18.4. The Morgan fingerprint density at radius 3 is 1.41 bits per heavy atom. The molecule has 2 fully saturated rings. The average Bonchev–Trinajstić information content (AvgIpc) is 3.27. The largest absolute Gasteiger partial charge is 0.456 e. The number of carbonyl (C=O) groups is 2. The third kappa shape index (κ3) is 6.67. The summed E-state index contributed by atoms with van der Waals surface area (Å²) in [5.74, 6) is -6.10. The topological polar surface area (TPSA) is 82.1 Å². The Kier molecular flexibility index (Phi) is 9.96. The third-order valence-corrected chi connectivity index (χ3v) is 7.62. The molecule has 6 nitrogen and oxygen atoms in total. The lowest BCUT2D eigenvalue weighted by molar-refractivity contribution is -0.373. The van der Waals surface area contributed by atoms with Gasteiger partial charge in [0.2, 0.25) is 0 Å². The first-order valence-corrected chi connectivity index (χ1v) is 12.5. The van der Waals surface area contributed by atoms with Crippen molar-refractivity contribution < 1.29 is 81.6 Å². The predicted octanol–water partition coefficient (Wildman–Crippen LogP) is 6.62.